The van der Waals surface area contributed by atoms with Crippen LogP contribution in [0.5, 0.6) is 0 Å². The van der Waals surface area contributed by atoms with E-state index in [4.69, 9.17) is 0 Å². The average Bonchev–Trinajstić information content (AvgIpc) is 2.05. The molecule has 1 rings (SSSR count). The van der Waals surface area contributed by atoms with Crippen LogP contribution in [0.4, 0.5) is 0 Å². The summed E-state index contributed by atoms with van der Waals surface area (Å²) in [6.45, 7) is 7.16. The van der Waals surface area contributed by atoms with Crippen LogP contribution >= 0.6 is 0 Å². The predicted molar refractivity (Wildman–Crippen MR) is 46.5 cm³/mol. The number of nitrogens with zero attached hydrogens (tertiary/aromatic N) is 1. The maximum absolute atomic E-state index is 9.74. The van der Waals surface area contributed by atoms with Crippen LogP contribution in [0.1, 0.15) is 27.2 Å². The Bertz CT molecular complexity index is 142. The molecule has 0 amide bonds. The Balaban J connectivity index is 2.59. The number of hydrogen-bond acceptors (Lipinski definition) is 2. The topological polar surface area (TPSA) is 23.5 Å². The molecule has 0 radical (unpaired) electrons. The van der Waals surface area contributed by atoms with Crippen LogP contribution in [-0.2, 0) is 0 Å². The van der Waals surface area contributed by atoms with E-state index in [1.54, 1.807) is 0 Å². The smallest absolute Gasteiger partial charge is 0.0761 e. The molecule has 2 unspecified atom stereocenters. The van der Waals surface area contributed by atoms with E-state index in [2.05, 4.69) is 25.8 Å². The van der Waals surface area contributed by atoms with Gasteiger partial charge in [0.05, 0.1) is 5.60 Å². The van der Waals surface area contributed by atoms with Crippen LogP contribution in [0, 0.1) is 5.92 Å². The zero-order chi connectivity index (χ0) is 8.65. The molecule has 2 heteroatoms. The first kappa shape index (κ1) is 9.01. The monoisotopic (exact) mass is 157 g/mol. The minimum Gasteiger partial charge on any atom is -0.389 e. The van der Waals surface area contributed by atoms with E-state index in [-0.39, 0.29) is 0 Å². The van der Waals surface area contributed by atoms with E-state index < -0.39 is 5.60 Å². The second-order valence-corrected chi connectivity index (χ2v) is 4.43. The van der Waals surface area contributed by atoms with Gasteiger partial charge in [-0.3, -0.25) is 0 Å². The second kappa shape index (κ2) is 2.76. The van der Waals surface area contributed by atoms with Crippen molar-refractivity contribution < 1.29 is 5.11 Å². The lowest BCUT2D eigenvalue weighted by molar-refractivity contribution is 0.0713. The molecule has 0 bridgehead atoms. The van der Waals surface area contributed by atoms with Gasteiger partial charge in [0, 0.05) is 12.6 Å². The molecular formula is C9H19NO. The van der Waals surface area contributed by atoms with Gasteiger partial charge in [-0.15, -0.1) is 0 Å². The molecule has 1 N–H and O–H groups in total. The summed E-state index contributed by atoms with van der Waals surface area (Å²) in [4.78, 5) is 2.25. The summed E-state index contributed by atoms with van der Waals surface area (Å²) < 4.78 is 0. The number of likely N-dealkylation sites (tertiary alicyclic amines) is 1. The summed E-state index contributed by atoms with van der Waals surface area (Å²) in [6.07, 6.45) is 0.918. The van der Waals surface area contributed by atoms with E-state index in [0.29, 0.717) is 12.0 Å². The number of rotatable bonds is 1. The van der Waals surface area contributed by atoms with Crippen LogP contribution in [0.25, 0.3) is 0 Å². The molecule has 0 saturated carbocycles. The fraction of sp³-hybridized carbons (Fsp3) is 1.00. The molecule has 1 aliphatic rings. The maximum Gasteiger partial charge on any atom is 0.0761 e. The van der Waals surface area contributed by atoms with Crippen LogP contribution < -0.4 is 0 Å². The van der Waals surface area contributed by atoms with Gasteiger partial charge in [-0.05, 0) is 26.3 Å². The molecule has 1 fully saturated rings. The number of aliphatic hydroxyl groups is 1. The molecule has 0 aromatic rings. The fourth-order valence-corrected chi connectivity index (χ4v) is 2.07. The maximum atomic E-state index is 9.74. The van der Waals surface area contributed by atoms with Crippen molar-refractivity contribution in [3.05, 3.63) is 0 Å². The number of likely N-dealkylation sites (N-methyl/N-ethyl adjacent to an activating group) is 1. The Labute approximate surface area is 69.2 Å². The SMILES string of the molecule is CC(C)C1CC(C)(O)CN1C. The highest BCUT2D eigenvalue weighted by Gasteiger charge is 2.38. The molecule has 0 aromatic carbocycles. The van der Waals surface area contributed by atoms with Gasteiger partial charge < -0.3 is 10.0 Å². The first-order chi connectivity index (χ1) is 4.92. The minimum atomic E-state index is -0.455. The van der Waals surface area contributed by atoms with Crippen molar-refractivity contribution in [2.24, 2.45) is 5.92 Å². The van der Waals surface area contributed by atoms with Crippen molar-refractivity contribution in [1.29, 1.82) is 0 Å². The summed E-state index contributed by atoms with van der Waals surface area (Å²) in [5, 5.41) is 9.74. The van der Waals surface area contributed by atoms with Gasteiger partial charge in [0.2, 0.25) is 0 Å². The third-order valence-corrected chi connectivity index (χ3v) is 2.57. The van der Waals surface area contributed by atoms with Gasteiger partial charge in [0.25, 0.3) is 0 Å². The Kier molecular flexibility index (Phi) is 2.26. The van der Waals surface area contributed by atoms with E-state index in [9.17, 15) is 5.11 Å². The zero-order valence-electron chi connectivity index (χ0n) is 7.96. The van der Waals surface area contributed by atoms with Crippen molar-refractivity contribution >= 4 is 0 Å². The second-order valence-electron chi connectivity index (χ2n) is 4.43. The molecule has 1 heterocycles. The van der Waals surface area contributed by atoms with E-state index in [0.717, 1.165) is 13.0 Å². The summed E-state index contributed by atoms with van der Waals surface area (Å²) in [5.41, 5.74) is -0.455. The van der Waals surface area contributed by atoms with Gasteiger partial charge in [0.1, 0.15) is 0 Å². The lowest BCUT2D eigenvalue weighted by Crippen LogP contribution is -2.30. The van der Waals surface area contributed by atoms with Gasteiger partial charge in [-0.25, -0.2) is 0 Å². The van der Waals surface area contributed by atoms with Crippen molar-refractivity contribution in [3.8, 4) is 0 Å². The molecule has 2 atom stereocenters. The first-order valence-corrected chi connectivity index (χ1v) is 4.35. The zero-order valence-corrected chi connectivity index (χ0v) is 7.96. The van der Waals surface area contributed by atoms with Crippen molar-refractivity contribution in [1.82, 2.24) is 4.90 Å². The summed E-state index contributed by atoms with van der Waals surface area (Å²) in [6, 6.07) is 0.560. The molecule has 11 heavy (non-hydrogen) atoms. The Morgan fingerprint density at radius 3 is 2.27 bits per heavy atom. The third-order valence-electron chi connectivity index (χ3n) is 2.57. The molecule has 0 aromatic heterocycles. The molecule has 1 saturated heterocycles. The van der Waals surface area contributed by atoms with E-state index in [1.807, 2.05) is 6.92 Å². The molecule has 2 nitrogen and oxygen atoms in total. The highest BCUT2D eigenvalue weighted by Crippen LogP contribution is 2.29. The quantitative estimate of drug-likeness (QED) is 0.616. The fourth-order valence-electron chi connectivity index (χ4n) is 2.07. The first-order valence-electron chi connectivity index (χ1n) is 4.35. The van der Waals surface area contributed by atoms with Crippen LogP contribution in [0.3, 0.4) is 0 Å². The van der Waals surface area contributed by atoms with Crippen molar-refractivity contribution in [3.63, 3.8) is 0 Å². The summed E-state index contributed by atoms with van der Waals surface area (Å²) >= 11 is 0. The minimum absolute atomic E-state index is 0.455. The van der Waals surface area contributed by atoms with Gasteiger partial charge in [-0.2, -0.15) is 0 Å². The number of β-amino-alcohol motifs (C(OH)–C–C–N with tert-alkyl or cyclic N) is 1. The van der Waals surface area contributed by atoms with Gasteiger partial charge >= 0.3 is 0 Å². The third kappa shape index (κ3) is 1.94. The predicted octanol–water partition coefficient (Wildman–Crippen LogP) is 1.10. The molecular weight excluding hydrogens is 138 g/mol. The Hall–Kier alpha value is -0.0800. The highest BCUT2D eigenvalue weighted by atomic mass is 16.3. The molecule has 1 aliphatic heterocycles. The number of hydrogen-bond donors (Lipinski definition) is 1. The van der Waals surface area contributed by atoms with Gasteiger partial charge in [-0.1, -0.05) is 13.8 Å². The normalized spacial score (nSPS) is 40.4. The van der Waals surface area contributed by atoms with E-state index >= 15 is 0 Å². The molecule has 0 aliphatic carbocycles. The summed E-state index contributed by atoms with van der Waals surface area (Å²) in [7, 11) is 2.09. The molecule has 0 spiro atoms. The highest BCUT2D eigenvalue weighted by molar-refractivity contribution is 4.92. The van der Waals surface area contributed by atoms with Crippen molar-refractivity contribution in [2.75, 3.05) is 13.6 Å². The molecule has 66 valence electrons. The lowest BCUT2D eigenvalue weighted by Gasteiger charge is -2.22. The summed E-state index contributed by atoms with van der Waals surface area (Å²) in [5.74, 6) is 0.647. The van der Waals surface area contributed by atoms with Gasteiger partial charge in [0.15, 0.2) is 0 Å². The lowest BCUT2D eigenvalue weighted by atomic mass is 9.96. The van der Waals surface area contributed by atoms with Crippen LogP contribution in [-0.4, -0.2) is 35.2 Å². The Morgan fingerprint density at radius 1 is 1.55 bits per heavy atom. The Morgan fingerprint density at radius 2 is 2.09 bits per heavy atom. The van der Waals surface area contributed by atoms with E-state index in [1.165, 1.54) is 0 Å². The van der Waals surface area contributed by atoms with Crippen LogP contribution in [0.15, 0.2) is 0 Å². The van der Waals surface area contributed by atoms with Crippen LogP contribution in [0.2, 0.25) is 0 Å². The average molecular weight is 157 g/mol. The largest absolute Gasteiger partial charge is 0.389 e. The standard InChI is InChI=1S/C9H19NO/c1-7(2)8-5-9(3,11)6-10(8)4/h7-8,11H,5-6H2,1-4H3. The van der Waals surface area contributed by atoms with Crippen molar-refractivity contribution in [2.45, 2.75) is 38.8 Å².